The van der Waals surface area contributed by atoms with Crippen LogP contribution in [0.3, 0.4) is 0 Å². The summed E-state index contributed by atoms with van der Waals surface area (Å²) in [6.07, 6.45) is 5.43. The van der Waals surface area contributed by atoms with Crippen LogP contribution in [-0.2, 0) is 6.54 Å². The van der Waals surface area contributed by atoms with Crippen molar-refractivity contribution in [1.82, 2.24) is 19.0 Å². The highest BCUT2D eigenvalue weighted by atomic mass is 35.5. The summed E-state index contributed by atoms with van der Waals surface area (Å²) in [6.45, 7) is 4.11. The van der Waals surface area contributed by atoms with E-state index in [0.717, 1.165) is 23.8 Å². The van der Waals surface area contributed by atoms with Crippen LogP contribution in [0.4, 0.5) is 0 Å². The summed E-state index contributed by atoms with van der Waals surface area (Å²) in [6, 6.07) is 6.38. The molecule has 21 heavy (non-hydrogen) atoms. The van der Waals surface area contributed by atoms with Gasteiger partial charge in [-0.1, -0.05) is 11.6 Å². The van der Waals surface area contributed by atoms with E-state index in [-0.39, 0.29) is 0 Å². The zero-order valence-corrected chi connectivity index (χ0v) is 13.3. The third kappa shape index (κ3) is 2.69. The van der Waals surface area contributed by atoms with E-state index in [1.165, 1.54) is 16.6 Å². The molecule has 0 aliphatic heterocycles. The van der Waals surface area contributed by atoms with Gasteiger partial charge in [0, 0.05) is 42.1 Å². The maximum absolute atomic E-state index is 6.47. The Morgan fingerprint density at radius 3 is 2.71 bits per heavy atom. The lowest BCUT2D eigenvalue weighted by molar-refractivity contribution is 0.385. The standard InChI is InChI=1S/C16H19ClN4/c1-12-8-13-9-16(20-5-4-18-11-20)14(17)10-15(13)21(12)7-6-19(2)3/h4-5,8-11H,6-7H2,1-3H3. The smallest absolute Gasteiger partial charge is 0.0992 e. The van der Waals surface area contributed by atoms with Crippen molar-refractivity contribution in [3.63, 3.8) is 0 Å². The normalized spacial score (nSPS) is 11.7. The molecule has 0 fully saturated rings. The second-order valence-corrected chi connectivity index (χ2v) is 5.98. The van der Waals surface area contributed by atoms with Crippen LogP contribution < -0.4 is 0 Å². The van der Waals surface area contributed by atoms with E-state index in [1.807, 2.05) is 10.8 Å². The number of hydrogen-bond acceptors (Lipinski definition) is 2. The number of benzene rings is 1. The van der Waals surface area contributed by atoms with Crippen molar-refractivity contribution in [3.8, 4) is 5.69 Å². The maximum atomic E-state index is 6.47. The Hall–Kier alpha value is -1.78. The van der Waals surface area contributed by atoms with E-state index in [1.54, 1.807) is 12.5 Å². The second-order valence-electron chi connectivity index (χ2n) is 5.57. The van der Waals surface area contributed by atoms with Gasteiger partial charge < -0.3 is 14.0 Å². The van der Waals surface area contributed by atoms with Crippen LogP contribution in [0.2, 0.25) is 5.02 Å². The minimum atomic E-state index is 0.740. The lowest BCUT2D eigenvalue weighted by atomic mass is 10.2. The molecule has 0 atom stereocenters. The van der Waals surface area contributed by atoms with Gasteiger partial charge in [-0.25, -0.2) is 4.98 Å². The molecule has 2 heterocycles. The van der Waals surface area contributed by atoms with Gasteiger partial charge in [0.2, 0.25) is 0 Å². The number of imidazole rings is 1. The molecule has 0 unspecified atom stereocenters. The topological polar surface area (TPSA) is 26.0 Å². The average Bonchev–Trinajstić information content (AvgIpc) is 3.03. The van der Waals surface area contributed by atoms with E-state index >= 15 is 0 Å². The maximum Gasteiger partial charge on any atom is 0.0992 e. The predicted octanol–water partition coefficient (Wildman–Crippen LogP) is 3.35. The van der Waals surface area contributed by atoms with Gasteiger partial charge in [0.25, 0.3) is 0 Å². The van der Waals surface area contributed by atoms with Gasteiger partial charge in [-0.05, 0) is 39.2 Å². The van der Waals surface area contributed by atoms with E-state index in [9.17, 15) is 0 Å². The van der Waals surface area contributed by atoms with Gasteiger partial charge in [0.1, 0.15) is 0 Å². The molecule has 0 aliphatic rings. The molecule has 0 aliphatic carbocycles. The molecule has 5 heteroatoms. The van der Waals surface area contributed by atoms with Gasteiger partial charge in [-0.2, -0.15) is 0 Å². The van der Waals surface area contributed by atoms with Crippen molar-refractivity contribution < 1.29 is 0 Å². The third-order valence-corrected chi connectivity index (χ3v) is 4.03. The molecular weight excluding hydrogens is 284 g/mol. The summed E-state index contributed by atoms with van der Waals surface area (Å²) >= 11 is 6.47. The number of aryl methyl sites for hydroxylation is 1. The molecule has 0 spiro atoms. The number of hydrogen-bond donors (Lipinski definition) is 0. The highest BCUT2D eigenvalue weighted by Gasteiger charge is 2.11. The molecule has 0 amide bonds. The zero-order chi connectivity index (χ0) is 15.0. The van der Waals surface area contributed by atoms with Gasteiger partial charge in [0.05, 0.1) is 17.0 Å². The number of aromatic nitrogens is 3. The Bertz CT molecular complexity index is 756. The SMILES string of the molecule is Cc1cc2cc(-n3ccnc3)c(Cl)cc2n1CCN(C)C. The summed E-state index contributed by atoms with van der Waals surface area (Å²) in [5.74, 6) is 0. The van der Waals surface area contributed by atoms with Crippen LogP contribution in [0.5, 0.6) is 0 Å². The summed E-state index contributed by atoms with van der Waals surface area (Å²) in [5, 5.41) is 1.95. The number of likely N-dealkylation sites (N-methyl/N-ethyl adjacent to an activating group) is 1. The van der Waals surface area contributed by atoms with E-state index in [0.29, 0.717) is 0 Å². The first-order valence-corrected chi connectivity index (χ1v) is 7.36. The molecule has 3 aromatic rings. The van der Waals surface area contributed by atoms with E-state index in [2.05, 4.69) is 53.7 Å². The number of halogens is 1. The van der Waals surface area contributed by atoms with Gasteiger partial charge >= 0.3 is 0 Å². The summed E-state index contributed by atoms with van der Waals surface area (Å²) in [5.41, 5.74) is 3.40. The molecule has 0 radical (unpaired) electrons. The molecule has 1 aromatic carbocycles. The second kappa shape index (κ2) is 5.54. The van der Waals surface area contributed by atoms with Crippen LogP contribution in [0, 0.1) is 6.92 Å². The first-order chi connectivity index (χ1) is 10.1. The minimum Gasteiger partial charge on any atom is -0.344 e. The first kappa shape index (κ1) is 14.2. The molecular formula is C16H19ClN4. The van der Waals surface area contributed by atoms with Crippen molar-refractivity contribution in [1.29, 1.82) is 0 Å². The fraction of sp³-hybridized carbons (Fsp3) is 0.312. The van der Waals surface area contributed by atoms with Crippen molar-refractivity contribution >= 4 is 22.5 Å². The zero-order valence-electron chi connectivity index (χ0n) is 12.5. The summed E-state index contributed by atoms with van der Waals surface area (Å²) in [7, 11) is 4.18. The third-order valence-electron chi connectivity index (χ3n) is 3.73. The van der Waals surface area contributed by atoms with E-state index < -0.39 is 0 Å². The predicted molar refractivity (Wildman–Crippen MR) is 87.4 cm³/mol. The Morgan fingerprint density at radius 2 is 2.05 bits per heavy atom. The van der Waals surface area contributed by atoms with Crippen LogP contribution in [0.15, 0.2) is 36.9 Å². The van der Waals surface area contributed by atoms with Crippen LogP contribution in [0.1, 0.15) is 5.69 Å². The Kier molecular flexibility index (Phi) is 3.74. The van der Waals surface area contributed by atoms with Gasteiger partial charge in [-0.3, -0.25) is 0 Å². The van der Waals surface area contributed by atoms with Gasteiger partial charge in [0.15, 0.2) is 0 Å². The van der Waals surface area contributed by atoms with Gasteiger partial charge in [-0.15, -0.1) is 0 Å². The average molecular weight is 303 g/mol. The molecule has 0 N–H and O–H groups in total. The molecule has 2 aromatic heterocycles. The van der Waals surface area contributed by atoms with E-state index in [4.69, 9.17) is 11.6 Å². The summed E-state index contributed by atoms with van der Waals surface area (Å²) in [4.78, 5) is 6.27. The van der Waals surface area contributed by atoms with Crippen molar-refractivity contribution in [2.45, 2.75) is 13.5 Å². The van der Waals surface area contributed by atoms with Crippen molar-refractivity contribution in [3.05, 3.63) is 47.6 Å². The fourth-order valence-electron chi connectivity index (χ4n) is 2.61. The Morgan fingerprint density at radius 1 is 1.24 bits per heavy atom. The summed E-state index contributed by atoms with van der Waals surface area (Å²) < 4.78 is 4.26. The first-order valence-electron chi connectivity index (χ1n) is 6.98. The fourth-order valence-corrected chi connectivity index (χ4v) is 2.86. The minimum absolute atomic E-state index is 0.740. The largest absolute Gasteiger partial charge is 0.344 e. The number of nitrogens with zero attached hydrogens (tertiary/aromatic N) is 4. The van der Waals surface area contributed by atoms with Crippen molar-refractivity contribution in [2.75, 3.05) is 20.6 Å². The molecule has 0 saturated carbocycles. The number of rotatable bonds is 4. The van der Waals surface area contributed by atoms with Crippen LogP contribution in [-0.4, -0.2) is 39.7 Å². The monoisotopic (exact) mass is 302 g/mol. The molecule has 4 nitrogen and oxygen atoms in total. The number of fused-ring (bicyclic) bond motifs is 1. The van der Waals surface area contributed by atoms with Crippen LogP contribution in [0.25, 0.3) is 16.6 Å². The Balaban J connectivity index is 2.08. The highest BCUT2D eigenvalue weighted by Crippen LogP contribution is 2.29. The lowest BCUT2D eigenvalue weighted by Gasteiger charge is -2.13. The molecule has 110 valence electrons. The highest BCUT2D eigenvalue weighted by molar-refractivity contribution is 6.33. The van der Waals surface area contributed by atoms with Crippen LogP contribution >= 0.6 is 11.6 Å². The molecule has 3 rings (SSSR count). The van der Waals surface area contributed by atoms with Crippen molar-refractivity contribution in [2.24, 2.45) is 0 Å². The molecule has 0 saturated heterocycles. The molecule has 0 bridgehead atoms. The quantitative estimate of drug-likeness (QED) is 0.739. The Labute approximate surface area is 129 Å². The lowest BCUT2D eigenvalue weighted by Crippen LogP contribution is -2.18.